The van der Waals surface area contributed by atoms with Crippen LogP contribution in [0.4, 0.5) is 4.79 Å². The molecule has 0 spiro atoms. The lowest BCUT2D eigenvalue weighted by Gasteiger charge is -2.32. The number of nitrogens with one attached hydrogen (secondary N) is 1. The van der Waals surface area contributed by atoms with Gasteiger partial charge in [-0.05, 0) is 39.5 Å². The van der Waals surface area contributed by atoms with Gasteiger partial charge >= 0.3 is 6.09 Å². The number of hydrogen-bond donors (Lipinski definition) is 1. The Bertz CT molecular complexity index is 303. The van der Waals surface area contributed by atoms with E-state index in [0.29, 0.717) is 0 Å². The van der Waals surface area contributed by atoms with Crippen molar-refractivity contribution in [2.45, 2.75) is 64.5 Å². The van der Waals surface area contributed by atoms with E-state index in [2.05, 4.69) is 5.32 Å². The van der Waals surface area contributed by atoms with Crippen molar-refractivity contribution in [2.24, 2.45) is 5.92 Å². The Hall–Kier alpha value is -1.26. The van der Waals surface area contributed by atoms with Gasteiger partial charge in [-0.2, -0.15) is 0 Å². The van der Waals surface area contributed by atoms with Crippen LogP contribution in [-0.2, 0) is 9.53 Å². The Kier molecular flexibility index (Phi) is 4.99. The van der Waals surface area contributed by atoms with Crippen molar-refractivity contribution in [3.05, 3.63) is 0 Å². The largest absolute Gasteiger partial charge is 0.548 e. The van der Waals surface area contributed by atoms with Crippen molar-refractivity contribution in [3.8, 4) is 0 Å². The predicted octanol–water partition coefficient (Wildman–Crippen LogP) is 1.21. The summed E-state index contributed by atoms with van der Waals surface area (Å²) in [5.74, 6) is -1.27. The minimum Gasteiger partial charge on any atom is -0.548 e. The van der Waals surface area contributed by atoms with Crippen LogP contribution in [0.1, 0.15) is 52.9 Å². The van der Waals surface area contributed by atoms with Crippen molar-refractivity contribution in [3.63, 3.8) is 0 Å². The summed E-state index contributed by atoms with van der Waals surface area (Å²) < 4.78 is 5.07. The van der Waals surface area contributed by atoms with Crippen LogP contribution < -0.4 is 10.4 Å². The van der Waals surface area contributed by atoms with Crippen LogP contribution in [0.2, 0.25) is 0 Å². The maximum absolute atomic E-state index is 11.6. The Morgan fingerprint density at radius 2 is 1.78 bits per heavy atom. The van der Waals surface area contributed by atoms with Crippen LogP contribution in [0, 0.1) is 5.92 Å². The van der Waals surface area contributed by atoms with Crippen LogP contribution in [0.5, 0.6) is 0 Å². The van der Waals surface area contributed by atoms with Gasteiger partial charge in [0.15, 0.2) is 0 Å². The van der Waals surface area contributed by atoms with Crippen LogP contribution in [0.25, 0.3) is 0 Å². The summed E-state index contributed by atoms with van der Waals surface area (Å²) in [6.07, 6.45) is 4.07. The van der Waals surface area contributed by atoms with E-state index >= 15 is 0 Å². The number of hydrogen-bond acceptors (Lipinski definition) is 4. The summed E-state index contributed by atoms with van der Waals surface area (Å²) in [7, 11) is 0. The maximum atomic E-state index is 11.6. The molecule has 1 aliphatic carbocycles. The third-order valence-electron chi connectivity index (χ3n) is 3.05. The second-order valence-electron chi connectivity index (χ2n) is 5.84. The molecule has 0 heterocycles. The van der Waals surface area contributed by atoms with E-state index in [4.69, 9.17) is 4.74 Å². The number of carboxylic acids is 1. The Balaban J connectivity index is 2.57. The topological polar surface area (TPSA) is 78.5 Å². The molecule has 1 amide bonds. The highest BCUT2D eigenvalue weighted by Crippen LogP contribution is 2.26. The van der Waals surface area contributed by atoms with Crippen molar-refractivity contribution in [1.29, 1.82) is 0 Å². The van der Waals surface area contributed by atoms with Gasteiger partial charge in [0.25, 0.3) is 0 Å². The molecule has 1 rings (SSSR count). The molecule has 1 fully saturated rings. The fourth-order valence-electron chi connectivity index (χ4n) is 2.27. The van der Waals surface area contributed by atoms with Gasteiger partial charge in [-0.15, -0.1) is 0 Å². The molecule has 5 heteroatoms. The molecular weight excluding hydrogens is 234 g/mol. The quantitative estimate of drug-likeness (QED) is 0.823. The highest BCUT2D eigenvalue weighted by molar-refractivity contribution is 5.79. The van der Waals surface area contributed by atoms with E-state index in [9.17, 15) is 14.7 Å². The van der Waals surface area contributed by atoms with E-state index < -0.39 is 23.7 Å². The summed E-state index contributed by atoms with van der Waals surface area (Å²) in [6.45, 7) is 5.21. The Morgan fingerprint density at radius 3 is 2.22 bits per heavy atom. The molecule has 0 aromatic carbocycles. The first-order chi connectivity index (χ1) is 8.29. The first-order valence-corrected chi connectivity index (χ1v) is 6.50. The molecule has 0 aromatic rings. The second-order valence-corrected chi connectivity index (χ2v) is 5.84. The van der Waals surface area contributed by atoms with E-state index in [1.807, 2.05) is 0 Å². The number of carboxylic acid groups (broad SMARTS) is 1. The van der Waals surface area contributed by atoms with Gasteiger partial charge in [0.05, 0.1) is 12.0 Å². The zero-order valence-electron chi connectivity index (χ0n) is 11.3. The molecule has 104 valence electrons. The molecular formula is C13H22NO4-. The molecule has 1 saturated carbocycles. The molecule has 1 N–H and O–H groups in total. The standard InChI is InChI=1S/C13H23NO4/c1-13(2,3)18-12(17)14-10(11(15)16)9-7-5-4-6-8-9/h9-10H,4-8H2,1-3H3,(H,14,17)(H,15,16)/p-1/t10-/m0/s1. The third kappa shape index (κ3) is 4.94. The van der Waals surface area contributed by atoms with Gasteiger partial charge < -0.3 is 20.0 Å². The summed E-state index contributed by atoms with van der Waals surface area (Å²) in [5, 5.41) is 13.5. The lowest BCUT2D eigenvalue weighted by molar-refractivity contribution is -0.310. The summed E-state index contributed by atoms with van der Waals surface area (Å²) in [6, 6.07) is -0.944. The molecule has 0 aliphatic heterocycles. The van der Waals surface area contributed by atoms with Crippen LogP contribution in [0.3, 0.4) is 0 Å². The third-order valence-corrected chi connectivity index (χ3v) is 3.05. The van der Waals surface area contributed by atoms with E-state index in [-0.39, 0.29) is 5.92 Å². The second kappa shape index (κ2) is 6.07. The van der Waals surface area contributed by atoms with Gasteiger partial charge in [0, 0.05) is 0 Å². The van der Waals surface area contributed by atoms with Gasteiger partial charge in [0.2, 0.25) is 0 Å². The number of ether oxygens (including phenoxy) is 1. The Labute approximate surface area is 108 Å². The SMILES string of the molecule is CC(C)(C)OC(=O)N[C@H](C(=O)[O-])C1CCCCC1. The normalized spacial score (nSPS) is 19.1. The van der Waals surface area contributed by atoms with Gasteiger partial charge in [-0.25, -0.2) is 4.79 Å². The lowest BCUT2D eigenvalue weighted by Crippen LogP contribution is -2.53. The monoisotopic (exact) mass is 256 g/mol. The minimum atomic E-state index is -1.23. The first kappa shape index (κ1) is 14.8. The molecule has 0 unspecified atom stereocenters. The average Bonchev–Trinajstić information content (AvgIpc) is 2.24. The number of rotatable bonds is 3. The molecule has 0 radical (unpaired) electrons. The highest BCUT2D eigenvalue weighted by atomic mass is 16.6. The average molecular weight is 256 g/mol. The smallest absolute Gasteiger partial charge is 0.408 e. The van der Waals surface area contributed by atoms with Gasteiger partial charge in [-0.1, -0.05) is 19.3 Å². The van der Waals surface area contributed by atoms with Crippen LogP contribution in [-0.4, -0.2) is 23.7 Å². The number of aliphatic carboxylic acids is 1. The molecule has 1 atom stereocenters. The van der Waals surface area contributed by atoms with Gasteiger partial charge in [0.1, 0.15) is 5.60 Å². The number of amides is 1. The molecule has 0 bridgehead atoms. The zero-order chi connectivity index (χ0) is 13.8. The zero-order valence-corrected chi connectivity index (χ0v) is 11.3. The van der Waals surface area contributed by atoms with E-state index in [1.165, 1.54) is 0 Å². The van der Waals surface area contributed by atoms with Gasteiger partial charge in [-0.3, -0.25) is 0 Å². The van der Waals surface area contributed by atoms with Crippen molar-refractivity contribution < 1.29 is 19.4 Å². The first-order valence-electron chi connectivity index (χ1n) is 6.50. The summed E-state index contributed by atoms with van der Waals surface area (Å²) in [4.78, 5) is 22.7. The van der Waals surface area contributed by atoms with Crippen molar-refractivity contribution in [2.75, 3.05) is 0 Å². The molecule has 0 saturated heterocycles. The lowest BCUT2D eigenvalue weighted by atomic mass is 9.84. The maximum Gasteiger partial charge on any atom is 0.408 e. The van der Waals surface area contributed by atoms with Crippen LogP contribution in [0.15, 0.2) is 0 Å². The fourth-order valence-corrected chi connectivity index (χ4v) is 2.27. The van der Waals surface area contributed by atoms with E-state index in [1.54, 1.807) is 20.8 Å². The van der Waals surface area contributed by atoms with Crippen molar-refractivity contribution >= 4 is 12.1 Å². The minimum absolute atomic E-state index is 0.0451. The van der Waals surface area contributed by atoms with Crippen molar-refractivity contribution in [1.82, 2.24) is 5.32 Å². The summed E-state index contributed by atoms with van der Waals surface area (Å²) in [5.41, 5.74) is -0.632. The van der Waals surface area contributed by atoms with E-state index in [0.717, 1.165) is 32.1 Å². The number of carbonyl (C=O) groups is 2. The molecule has 1 aliphatic rings. The molecule has 5 nitrogen and oxygen atoms in total. The summed E-state index contributed by atoms with van der Waals surface area (Å²) >= 11 is 0. The number of alkyl carbamates (subject to hydrolysis) is 1. The fraction of sp³-hybridized carbons (Fsp3) is 0.846. The molecule has 0 aromatic heterocycles. The number of carbonyl (C=O) groups excluding carboxylic acids is 2. The molecule has 18 heavy (non-hydrogen) atoms. The predicted molar refractivity (Wildman–Crippen MR) is 64.7 cm³/mol. The highest BCUT2D eigenvalue weighted by Gasteiger charge is 2.27. The Morgan fingerprint density at radius 1 is 1.22 bits per heavy atom. The van der Waals surface area contributed by atoms with Crippen LogP contribution >= 0.6 is 0 Å².